The Bertz CT molecular complexity index is 501. The van der Waals surface area contributed by atoms with Gasteiger partial charge in [-0.05, 0) is 12.1 Å². The van der Waals surface area contributed by atoms with E-state index in [0.29, 0.717) is 36.9 Å². The van der Waals surface area contributed by atoms with Crippen molar-refractivity contribution in [2.45, 2.75) is 9.96 Å². The van der Waals surface area contributed by atoms with Crippen molar-refractivity contribution in [3.63, 3.8) is 0 Å². The number of ether oxygens (including phenoxy) is 1. The molecular formula is C13H14Cl4N2O2. The lowest BCUT2D eigenvalue weighted by atomic mass is 10.2. The molecule has 116 valence electrons. The molecule has 1 amide bonds. The summed E-state index contributed by atoms with van der Waals surface area (Å²) < 4.78 is 3.61. The van der Waals surface area contributed by atoms with Crippen LogP contribution in [0.15, 0.2) is 24.3 Å². The number of hydrogen-bond donors (Lipinski definition) is 1. The molecule has 1 aromatic rings. The fraction of sp³-hybridized carbons (Fsp3) is 0.462. The lowest BCUT2D eigenvalue weighted by Crippen LogP contribution is -2.58. The first kappa shape index (κ1) is 17.1. The van der Waals surface area contributed by atoms with Crippen molar-refractivity contribution in [1.82, 2.24) is 10.2 Å². The third-order valence-corrected chi connectivity index (χ3v) is 4.06. The second-order valence-corrected chi connectivity index (χ2v) is 7.32. The lowest BCUT2D eigenvalue weighted by molar-refractivity contribution is 0.00996. The average Bonchev–Trinajstić information content (AvgIpc) is 2.44. The number of rotatable bonds is 3. The van der Waals surface area contributed by atoms with E-state index in [9.17, 15) is 4.79 Å². The molecule has 0 radical (unpaired) electrons. The Morgan fingerprint density at radius 2 is 1.86 bits per heavy atom. The van der Waals surface area contributed by atoms with Crippen LogP contribution in [0, 0.1) is 0 Å². The molecule has 1 N–H and O–H groups in total. The number of nitrogens with zero attached hydrogens (tertiary/aromatic N) is 1. The average molecular weight is 372 g/mol. The number of nitrogens with one attached hydrogen (secondary N) is 1. The third-order valence-electron chi connectivity index (χ3n) is 3.11. The van der Waals surface area contributed by atoms with Gasteiger partial charge in [-0.3, -0.25) is 9.69 Å². The molecule has 1 aromatic carbocycles. The van der Waals surface area contributed by atoms with Crippen molar-refractivity contribution >= 4 is 52.3 Å². The third kappa shape index (κ3) is 4.62. The van der Waals surface area contributed by atoms with Crippen molar-refractivity contribution in [2.75, 3.05) is 26.3 Å². The molecule has 0 saturated carbocycles. The van der Waals surface area contributed by atoms with Gasteiger partial charge in [0.1, 0.15) is 6.17 Å². The smallest absolute Gasteiger partial charge is 0.254 e. The molecule has 4 nitrogen and oxygen atoms in total. The minimum absolute atomic E-state index is 0.340. The maximum Gasteiger partial charge on any atom is 0.254 e. The van der Waals surface area contributed by atoms with Crippen LogP contribution in [0.5, 0.6) is 0 Å². The molecule has 8 heteroatoms. The van der Waals surface area contributed by atoms with E-state index in [2.05, 4.69) is 5.32 Å². The highest BCUT2D eigenvalue weighted by Crippen LogP contribution is 2.33. The molecule has 21 heavy (non-hydrogen) atoms. The van der Waals surface area contributed by atoms with Crippen LogP contribution in [0.25, 0.3) is 0 Å². The highest BCUT2D eigenvalue weighted by atomic mass is 35.6. The summed E-state index contributed by atoms with van der Waals surface area (Å²) in [6, 6.07) is 6.72. The molecule has 1 saturated heterocycles. The monoisotopic (exact) mass is 370 g/mol. The molecule has 0 unspecified atom stereocenters. The van der Waals surface area contributed by atoms with E-state index in [-0.39, 0.29) is 5.91 Å². The van der Waals surface area contributed by atoms with Crippen molar-refractivity contribution in [3.05, 3.63) is 34.9 Å². The number of amides is 1. The van der Waals surface area contributed by atoms with Gasteiger partial charge in [-0.15, -0.1) is 0 Å². The summed E-state index contributed by atoms with van der Waals surface area (Å²) in [5.41, 5.74) is 0.340. The molecular weight excluding hydrogens is 358 g/mol. The zero-order valence-corrected chi connectivity index (χ0v) is 14.0. The number of halogens is 4. The zero-order valence-electron chi connectivity index (χ0n) is 11.0. The van der Waals surface area contributed by atoms with Gasteiger partial charge in [0.15, 0.2) is 0 Å². The van der Waals surface area contributed by atoms with Crippen molar-refractivity contribution in [2.24, 2.45) is 0 Å². The number of carbonyl (C=O) groups is 1. The number of hydrogen-bond acceptors (Lipinski definition) is 3. The van der Waals surface area contributed by atoms with Crippen LogP contribution in [0.4, 0.5) is 0 Å². The molecule has 0 spiro atoms. The van der Waals surface area contributed by atoms with Crippen LogP contribution >= 0.6 is 46.4 Å². The summed E-state index contributed by atoms with van der Waals surface area (Å²) in [4.78, 5) is 14.2. The van der Waals surface area contributed by atoms with Gasteiger partial charge in [-0.1, -0.05) is 58.5 Å². The van der Waals surface area contributed by atoms with Crippen molar-refractivity contribution in [1.29, 1.82) is 0 Å². The van der Waals surface area contributed by atoms with Gasteiger partial charge in [0.2, 0.25) is 3.79 Å². The van der Waals surface area contributed by atoms with Crippen molar-refractivity contribution < 1.29 is 9.53 Å². The second kappa shape index (κ2) is 7.36. The highest BCUT2D eigenvalue weighted by Gasteiger charge is 2.39. The Balaban J connectivity index is 2.15. The normalized spacial score (nSPS) is 18.3. The van der Waals surface area contributed by atoms with E-state index in [1.807, 2.05) is 4.90 Å². The fourth-order valence-corrected chi connectivity index (χ4v) is 2.86. The van der Waals surface area contributed by atoms with Crippen LogP contribution in [-0.4, -0.2) is 47.1 Å². The van der Waals surface area contributed by atoms with Gasteiger partial charge in [-0.25, -0.2) is 0 Å². The lowest BCUT2D eigenvalue weighted by Gasteiger charge is -2.38. The molecule has 0 bridgehead atoms. The minimum atomic E-state index is -1.66. The predicted octanol–water partition coefficient (Wildman–Crippen LogP) is 3.10. The molecule has 2 rings (SSSR count). The molecule has 0 aromatic heterocycles. The first-order chi connectivity index (χ1) is 9.89. The Kier molecular flexibility index (Phi) is 6.00. The number of carbonyl (C=O) groups excluding carboxylic acids is 1. The standard InChI is InChI=1S/C13H14Cl4N2O2/c14-10-4-2-1-3-9(10)11(20)18-12(13(15,16)17)19-5-7-21-8-6-19/h1-4,12H,5-8H2,(H,18,20)/t12-/m0/s1. The first-order valence-electron chi connectivity index (χ1n) is 6.33. The van der Waals surface area contributed by atoms with Gasteiger partial charge in [0, 0.05) is 13.1 Å². The first-order valence-corrected chi connectivity index (χ1v) is 7.84. The summed E-state index contributed by atoms with van der Waals surface area (Å²) in [7, 11) is 0. The summed E-state index contributed by atoms with van der Waals surface area (Å²) in [6.07, 6.45) is -0.754. The van der Waals surface area contributed by atoms with E-state index in [0.717, 1.165) is 0 Å². The predicted molar refractivity (Wildman–Crippen MR) is 85.4 cm³/mol. The highest BCUT2D eigenvalue weighted by molar-refractivity contribution is 6.68. The summed E-state index contributed by atoms with van der Waals surface area (Å²) >= 11 is 24.0. The molecule has 1 aliphatic heterocycles. The van der Waals surface area contributed by atoms with Crippen LogP contribution < -0.4 is 5.32 Å². The fourth-order valence-electron chi connectivity index (χ4n) is 2.06. The van der Waals surface area contributed by atoms with Gasteiger partial charge >= 0.3 is 0 Å². The molecule has 0 aliphatic carbocycles. The molecule has 1 atom stereocenters. The van der Waals surface area contributed by atoms with E-state index in [4.69, 9.17) is 51.1 Å². The Labute approximate surface area is 143 Å². The van der Waals surface area contributed by atoms with E-state index in [1.165, 1.54) is 0 Å². The minimum Gasteiger partial charge on any atom is -0.379 e. The molecule has 1 fully saturated rings. The molecule has 1 heterocycles. The number of alkyl halides is 3. The number of morpholine rings is 1. The van der Waals surface area contributed by atoms with Gasteiger partial charge < -0.3 is 10.1 Å². The molecule has 1 aliphatic rings. The van der Waals surface area contributed by atoms with Crippen molar-refractivity contribution in [3.8, 4) is 0 Å². The van der Waals surface area contributed by atoms with Crippen LogP contribution in [-0.2, 0) is 4.74 Å². The maximum atomic E-state index is 12.3. The SMILES string of the molecule is O=C(N[C@@H](N1CCOCC1)C(Cl)(Cl)Cl)c1ccccc1Cl. The Hall–Kier alpha value is -0.230. The van der Waals surface area contributed by atoms with Gasteiger partial charge in [-0.2, -0.15) is 0 Å². The van der Waals surface area contributed by atoms with E-state index in [1.54, 1.807) is 24.3 Å². The van der Waals surface area contributed by atoms with E-state index >= 15 is 0 Å². The maximum absolute atomic E-state index is 12.3. The Morgan fingerprint density at radius 1 is 1.24 bits per heavy atom. The second-order valence-electron chi connectivity index (χ2n) is 4.55. The quantitative estimate of drug-likeness (QED) is 0.830. The summed E-state index contributed by atoms with van der Waals surface area (Å²) in [5.74, 6) is -0.386. The number of benzene rings is 1. The van der Waals surface area contributed by atoms with Gasteiger partial charge in [0.25, 0.3) is 5.91 Å². The van der Waals surface area contributed by atoms with Gasteiger partial charge in [0.05, 0.1) is 23.8 Å². The topological polar surface area (TPSA) is 41.6 Å². The Morgan fingerprint density at radius 3 is 2.43 bits per heavy atom. The summed E-state index contributed by atoms with van der Waals surface area (Å²) in [6.45, 7) is 2.20. The largest absolute Gasteiger partial charge is 0.379 e. The van der Waals surface area contributed by atoms with E-state index < -0.39 is 9.96 Å². The van der Waals surface area contributed by atoms with Crippen LogP contribution in [0.1, 0.15) is 10.4 Å². The van der Waals surface area contributed by atoms with Crippen LogP contribution in [0.2, 0.25) is 5.02 Å². The summed E-state index contributed by atoms with van der Waals surface area (Å²) in [5, 5.41) is 3.08. The van der Waals surface area contributed by atoms with Crippen LogP contribution in [0.3, 0.4) is 0 Å². The zero-order chi connectivity index (χ0) is 15.5.